The number of aromatic nitrogens is 3. The largest absolute Gasteiger partial charge is 0.381 e. The third kappa shape index (κ3) is 3.20. The number of halogens is 1. The number of rotatable bonds is 5. The number of hydrogen-bond acceptors (Lipinski definition) is 5. The molecule has 0 spiro atoms. The molecule has 0 amide bonds. The second-order valence-corrected chi connectivity index (χ2v) is 6.15. The Morgan fingerprint density at radius 3 is 2.80 bits per heavy atom. The first-order valence-electron chi connectivity index (χ1n) is 5.89. The van der Waals surface area contributed by atoms with E-state index in [1.54, 1.807) is 0 Å². The third-order valence-corrected chi connectivity index (χ3v) is 4.10. The van der Waals surface area contributed by atoms with Gasteiger partial charge in [-0.2, -0.15) is 5.10 Å². The van der Waals surface area contributed by atoms with Gasteiger partial charge in [0.05, 0.1) is 11.9 Å². The first-order valence-corrected chi connectivity index (χ1v) is 7.76. The molecule has 0 saturated carbocycles. The van der Waals surface area contributed by atoms with Crippen LogP contribution in [0.15, 0.2) is 29.4 Å². The lowest BCUT2D eigenvalue weighted by Gasteiger charge is -2.06. The van der Waals surface area contributed by atoms with Crippen molar-refractivity contribution < 1.29 is 8.42 Å². The average molecular weight is 316 g/mol. The normalized spacial score (nSPS) is 11.5. The maximum Gasteiger partial charge on any atom is 0.267 e. The summed E-state index contributed by atoms with van der Waals surface area (Å²) >= 11 is 5.64. The summed E-state index contributed by atoms with van der Waals surface area (Å²) in [5.41, 5.74) is 5.95. The summed E-state index contributed by atoms with van der Waals surface area (Å²) in [5, 5.41) is 4.24. The van der Waals surface area contributed by atoms with Gasteiger partial charge < -0.3 is 5.73 Å². The van der Waals surface area contributed by atoms with E-state index in [4.69, 9.17) is 17.3 Å². The number of nitrogens with two attached hydrogens (primary N) is 1. The Labute approximate surface area is 121 Å². The predicted octanol–water partition coefficient (Wildman–Crippen LogP) is 1.72. The van der Waals surface area contributed by atoms with Gasteiger partial charge in [0.15, 0.2) is 5.82 Å². The minimum Gasteiger partial charge on any atom is -0.381 e. The van der Waals surface area contributed by atoms with Gasteiger partial charge >= 0.3 is 0 Å². The standard InChI is InChI=1S/C11H14ClN5O2S/c1-2-5-17-7-9(11(13)15-17)20(18,19)16-8-3-4-10(12)14-6-8/h3-4,6-7,16H,2,5H2,1H3,(H2,13,15). The Morgan fingerprint density at radius 2 is 2.20 bits per heavy atom. The molecule has 0 aliphatic heterocycles. The second kappa shape index (κ2) is 5.68. The predicted molar refractivity (Wildman–Crippen MR) is 77.0 cm³/mol. The number of nitrogens with one attached hydrogen (secondary N) is 1. The van der Waals surface area contributed by atoms with Crippen molar-refractivity contribution in [2.24, 2.45) is 0 Å². The maximum atomic E-state index is 12.2. The highest BCUT2D eigenvalue weighted by Gasteiger charge is 2.21. The molecule has 0 aromatic carbocycles. The van der Waals surface area contributed by atoms with E-state index in [0.29, 0.717) is 12.2 Å². The molecule has 0 aliphatic carbocycles. The van der Waals surface area contributed by atoms with Crippen LogP contribution in [0.5, 0.6) is 0 Å². The highest BCUT2D eigenvalue weighted by Crippen LogP contribution is 2.20. The van der Waals surface area contributed by atoms with E-state index in [9.17, 15) is 8.42 Å². The van der Waals surface area contributed by atoms with Crippen LogP contribution in [0.3, 0.4) is 0 Å². The molecule has 0 saturated heterocycles. The molecular formula is C11H14ClN5O2S. The van der Waals surface area contributed by atoms with Crippen molar-refractivity contribution in [1.82, 2.24) is 14.8 Å². The van der Waals surface area contributed by atoms with Crippen LogP contribution >= 0.6 is 11.6 Å². The zero-order valence-electron chi connectivity index (χ0n) is 10.7. The highest BCUT2D eigenvalue weighted by molar-refractivity contribution is 7.92. The average Bonchev–Trinajstić information content (AvgIpc) is 2.74. The summed E-state index contributed by atoms with van der Waals surface area (Å²) < 4.78 is 28.3. The Hall–Kier alpha value is -1.80. The molecule has 2 heterocycles. The van der Waals surface area contributed by atoms with Gasteiger partial charge in [-0.05, 0) is 18.6 Å². The number of nitrogen functional groups attached to an aromatic ring is 1. The maximum absolute atomic E-state index is 12.2. The van der Waals surface area contributed by atoms with E-state index in [1.165, 1.54) is 29.2 Å². The van der Waals surface area contributed by atoms with Gasteiger partial charge in [-0.25, -0.2) is 13.4 Å². The third-order valence-electron chi connectivity index (χ3n) is 2.48. The fourth-order valence-electron chi connectivity index (χ4n) is 1.62. The second-order valence-electron chi connectivity index (χ2n) is 4.12. The smallest absolute Gasteiger partial charge is 0.267 e. The van der Waals surface area contributed by atoms with Gasteiger partial charge in [0.1, 0.15) is 10.0 Å². The number of sulfonamides is 1. The van der Waals surface area contributed by atoms with Crippen LogP contribution in [0, 0.1) is 0 Å². The SMILES string of the molecule is CCCn1cc(S(=O)(=O)Nc2ccc(Cl)nc2)c(N)n1. The van der Waals surface area contributed by atoms with Crippen LogP contribution in [-0.4, -0.2) is 23.2 Å². The van der Waals surface area contributed by atoms with Crippen molar-refractivity contribution >= 4 is 33.1 Å². The summed E-state index contributed by atoms with van der Waals surface area (Å²) in [6, 6.07) is 3.00. The number of hydrogen-bond donors (Lipinski definition) is 2. The number of pyridine rings is 1. The molecule has 0 unspecified atom stereocenters. The molecule has 2 aromatic rings. The number of aryl methyl sites for hydroxylation is 1. The number of nitrogens with zero attached hydrogens (tertiary/aromatic N) is 3. The van der Waals surface area contributed by atoms with Gasteiger partial charge in [0.2, 0.25) is 0 Å². The van der Waals surface area contributed by atoms with Crippen molar-refractivity contribution in [3.05, 3.63) is 29.7 Å². The lowest BCUT2D eigenvalue weighted by atomic mass is 10.4. The van der Waals surface area contributed by atoms with Crippen molar-refractivity contribution in [2.45, 2.75) is 24.8 Å². The molecule has 108 valence electrons. The monoisotopic (exact) mass is 315 g/mol. The molecule has 2 rings (SSSR count). The fourth-order valence-corrected chi connectivity index (χ4v) is 2.84. The molecule has 0 radical (unpaired) electrons. The summed E-state index contributed by atoms with van der Waals surface area (Å²) in [4.78, 5) is 3.75. The Kier molecular flexibility index (Phi) is 4.15. The first kappa shape index (κ1) is 14.6. The molecule has 3 N–H and O–H groups in total. The molecule has 0 bridgehead atoms. The Bertz CT molecular complexity index is 696. The van der Waals surface area contributed by atoms with Gasteiger partial charge in [-0.15, -0.1) is 0 Å². The van der Waals surface area contributed by atoms with Crippen molar-refractivity contribution in [2.75, 3.05) is 10.5 Å². The summed E-state index contributed by atoms with van der Waals surface area (Å²) in [6.45, 7) is 2.56. The van der Waals surface area contributed by atoms with Crippen LogP contribution < -0.4 is 10.5 Å². The lowest BCUT2D eigenvalue weighted by Crippen LogP contribution is -2.14. The minimum absolute atomic E-state index is 0.0344. The van der Waals surface area contributed by atoms with E-state index in [2.05, 4.69) is 14.8 Å². The highest BCUT2D eigenvalue weighted by atomic mass is 35.5. The van der Waals surface area contributed by atoms with Crippen LogP contribution in [0.2, 0.25) is 5.15 Å². The molecule has 0 atom stereocenters. The topological polar surface area (TPSA) is 103 Å². The van der Waals surface area contributed by atoms with Crippen LogP contribution in [0.1, 0.15) is 13.3 Å². The van der Waals surface area contributed by atoms with Gasteiger partial charge in [-0.1, -0.05) is 18.5 Å². The van der Waals surface area contributed by atoms with Crippen LogP contribution in [-0.2, 0) is 16.6 Å². The zero-order chi connectivity index (χ0) is 14.8. The van der Waals surface area contributed by atoms with Gasteiger partial charge in [0, 0.05) is 12.7 Å². The van der Waals surface area contributed by atoms with E-state index >= 15 is 0 Å². The van der Waals surface area contributed by atoms with Crippen LogP contribution in [0.4, 0.5) is 11.5 Å². The Balaban J connectivity index is 2.28. The molecule has 0 fully saturated rings. The lowest BCUT2D eigenvalue weighted by molar-refractivity contribution is 0.595. The van der Waals surface area contributed by atoms with Crippen molar-refractivity contribution in [1.29, 1.82) is 0 Å². The summed E-state index contributed by atoms with van der Waals surface area (Å²) in [6.07, 6.45) is 3.56. The molecular weight excluding hydrogens is 302 g/mol. The van der Waals surface area contributed by atoms with E-state index in [0.717, 1.165) is 6.42 Å². The van der Waals surface area contributed by atoms with E-state index < -0.39 is 10.0 Å². The Morgan fingerprint density at radius 1 is 1.45 bits per heavy atom. The fraction of sp³-hybridized carbons (Fsp3) is 0.273. The van der Waals surface area contributed by atoms with Crippen molar-refractivity contribution in [3.8, 4) is 0 Å². The van der Waals surface area contributed by atoms with Gasteiger partial charge in [-0.3, -0.25) is 9.40 Å². The minimum atomic E-state index is -3.80. The van der Waals surface area contributed by atoms with Gasteiger partial charge in [0.25, 0.3) is 10.0 Å². The van der Waals surface area contributed by atoms with E-state index in [1.807, 2.05) is 6.92 Å². The zero-order valence-corrected chi connectivity index (χ0v) is 12.3. The molecule has 0 aliphatic rings. The number of anilines is 2. The molecule has 7 nitrogen and oxygen atoms in total. The molecule has 2 aromatic heterocycles. The molecule has 9 heteroatoms. The first-order chi connectivity index (χ1) is 9.42. The van der Waals surface area contributed by atoms with E-state index in [-0.39, 0.29) is 15.9 Å². The van der Waals surface area contributed by atoms with Crippen molar-refractivity contribution in [3.63, 3.8) is 0 Å². The quantitative estimate of drug-likeness (QED) is 0.818. The summed E-state index contributed by atoms with van der Waals surface area (Å²) in [5.74, 6) is -0.0344. The molecule has 20 heavy (non-hydrogen) atoms. The van der Waals surface area contributed by atoms with Crippen LogP contribution in [0.25, 0.3) is 0 Å². The summed E-state index contributed by atoms with van der Waals surface area (Å²) in [7, 11) is -3.80.